The summed E-state index contributed by atoms with van der Waals surface area (Å²) in [5.41, 5.74) is 1.09. The molecule has 1 saturated heterocycles. The predicted molar refractivity (Wildman–Crippen MR) is 72.9 cm³/mol. The molecule has 0 radical (unpaired) electrons. The maximum atomic E-state index is 12.9. The third-order valence-electron chi connectivity index (χ3n) is 3.60. The highest BCUT2D eigenvalue weighted by molar-refractivity contribution is 5.46. The van der Waals surface area contributed by atoms with E-state index in [1.807, 2.05) is 12.1 Å². The van der Waals surface area contributed by atoms with Gasteiger partial charge in [0.1, 0.15) is 5.82 Å². The van der Waals surface area contributed by atoms with Gasteiger partial charge in [-0.3, -0.25) is 4.90 Å². The van der Waals surface area contributed by atoms with Gasteiger partial charge in [0.25, 0.3) is 0 Å². The molecule has 0 aliphatic carbocycles. The number of piperazine rings is 1. The van der Waals surface area contributed by atoms with Crippen LogP contribution in [0.4, 0.5) is 10.1 Å². The van der Waals surface area contributed by atoms with Crippen molar-refractivity contribution in [3.05, 3.63) is 35.9 Å². The monoisotopic (exact) mass is 276 g/mol. The fourth-order valence-corrected chi connectivity index (χ4v) is 2.43. The van der Waals surface area contributed by atoms with E-state index in [1.165, 1.54) is 12.1 Å². The number of anilines is 1. The summed E-state index contributed by atoms with van der Waals surface area (Å²) in [6.07, 6.45) is 0.813. The molecule has 6 nitrogen and oxygen atoms in total. The van der Waals surface area contributed by atoms with E-state index in [4.69, 9.17) is 0 Å². The van der Waals surface area contributed by atoms with Crippen molar-refractivity contribution >= 4 is 5.69 Å². The molecule has 1 aliphatic rings. The highest BCUT2D eigenvalue weighted by atomic mass is 19.1. The number of tetrazole rings is 1. The van der Waals surface area contributed by atoms with E-state index in [1.54, 1.807) is 0 Å². The maximum Gasteiger partial charge on any atom is 0.175 e. The SMILES string of the molecule is Fc1ccc(N2CCN(CCc3nn[nH]n3)CC2)cc1. The van der Waals surface area contributed by atoms with Crippen LogP contribution in [0.25, 0.3) is 0 Å². The first kappa shape index (κ1) is 13.0. The van der Waals surface area contributed by atoms with Gasteiger partial charge in [0.05, 0.1) is 0 Å². The first-order valence-corrected chi connectivity index (χ1v) is 6.76. The zero-order chi connectivity index (χ0) is 13.8. The number of nitrogens with one attached hydrogen (secondary N) is 1. The largest absolute Gasteiger partial charge is 0.369 e. The van der Waals surface area contributed by atoms with Crippen LogP contribution in [0.1, 0.15) is 5.82 Å². The molecule has 0 unspecified atom stereocenters. The lowest BCUT2D eigenvalue weighted by Crippen LogP contribution is -2.47. The van der Waals surface area contributed by atoms with Crippen LogP contribution in [-0.4, -0.2) is 58.2 Å². The van der Waals surface area contributed by atoms with E-state index in [0.717, 1.165) is 50.7 Å². The second-order valence-electron chi connectivity index (χ2n) is 4.88. The molecule has 0 saturated carbocycles. The van der Waals surface area contributed by atoms with Gasteiger partial charge < -0.3 is 4.90 Å². The summed E-state index contributed by atoms with van der Waals surface area (Å²) in [5.74, 6) is 0.568. The minimum absolute atomic E-state index is 0.188. The molecule has 7 heteroatoms. The van der Waals surface area contributed by atoms with E-state index in [0.29, 0.717) is 0 Å². The lowest BCUT2D eigenvalue weighted by Gasteiger charge is -2.35. The van der Waals surface area contributed by atoms with E-state index < -0.39 is 0 Å². The minimum Gasteiger partial charge on any atom is -0.369 e. The summed E-state index contributed by atoms with van der Waals surface area (Å²) >= 11 is 0. The van der Waals surface area contributed by atoms with Crippen LogP contribution in [0.2, 0.25) is 0 Å². The zero-order valence-corrected chi connectivity index (χ0v) is 11.2. The Bertz CT molecular complexity index is 518. The quantitative estimate of drug-likeness (QED) is 0.891. The van der Waals surface area contributed by atoms with Crippen molar-refractivity contribution in [2.24, 2.45) is 0 Å². The number of halogens is 1. The molecule has 0 spiro atoms. The van der Waals surface area contributed by atoms with E-state index in [-0.39, 0.29) is 5.82 Å². The molecule has 1 aromatic heterocycles. The van der Waals surface area contributed by atoms with Crippen molar-refractivity contribution < 1.29 is 4.39 Å². The van der Waals surface area contributed by atoms with Gasteiger partial charge in [-0.25, -0.2) is 4.39 Å². The number of nitrogens with zero attached hydrogens (tertiary/aromatic N) is 5. The zero-order valence-electron chi connectivity index (χ0n) is 11.2. The predicted octanol–water partition coefficient (Wildman–Crippen LogP) is 0.703. The van der Waals surface area contributed by atoms with Crippen molar-refractivity contribution in [1.82, 2.24) is 25.5 Å². The van der Waals surface area contributed by atoms with Crippen LogP contribution < -0.4 is 4.90 Å². The molecule has 1 aliphatic heterocycles. The maximum absolute atomic E-state index is 12.9. The number of rotatable bonds is 4. The first-order chi connectivity index (χ1) is 9.81. The number of hydrogen-bond acceptors (Lipinski definition) is 5. The van der Waals surface area contributed by atoms with Gasteiger partial charge in [0, 0.05) is 44.8 Å². The molecular formula is C13H17FN6. The van der Waals surface area contributed by atoms with E-state index in [2.05, 4.69) is 30.4 Å². The first-order valence-electron chi connectivity index (χ1n) is 6.76. The van der Waals surface area contributed by atoms with Gasteiger partial charge >= 0.3 is 0 Å². The molecule has 106 valence electrons. The molecule has 20 heavy (non-hydrogen) atoms. The summed E-state index contributed by atoms with van der Waals surface area (Å²) in [6, 6.07) is 6.70. The third kappa shape index (κ3) is 3.11. The molecule has 2 aromatic rings. The van der Waals surface area contributed by atoms with Gasteiger partial charge in [0.2, 0.25) is 0 Å². The number of aromatic nitrogens is 4. The van der Waals surface area contributed by atoms with E-state index >= 15 is 0 Å². The van der Waals surface area contributed by atoms with Crippen LogP contribution in [0.15, 0.2) is 24.3 Å². The second kappa shape index (κ2) is 5.96. The Labute approximate surface area is 116 Å². The Morgan fingerprint density at radius 2 is 1.85 bits per heavy atom. The number of H-pyrrole nitrogens is 1. The summed E-state index contributed by atoms with van der Waals surface area (Å²) in [6.45, 7) is 4.84. The second-order valence-corrected chi connectivity index (χ2v) is 4.88. The van der Waals surface area contributed by atoms with Gasteiger partial charge in [-0.1, -0.05) is 5.21 Å². The minimum atomic E-state index is -0.188. The lowest BCUT2D eigenvalue weighted by atomic mass is 10.2. The fraction of sp³-hybridized carbons (Fsp3) is 0.462. The van der Waals surface area contributed by atoms with E-state index in [9.17, 15) is 4.39 Å². The smallest absolute Gasteiger partial charge is 0.175 e. The summed E-state index contributed by atoms with van der Waals surface area (Å²) in [7, 11) is 0. The number of hydrogen-bond donors (Lipinski definition) is 1. The van der Waals surface area contributed by atoms with Crippen LogP contribution in [0, 0.1) is 5.82 Å². The van der Waals surface area contributed by atoms with Crippen molar-refractivity contribution in [3.8, 4) is 0 Å². The molecule has 1 fully saturated rings. The molecule has 0 bridgehead atoms. The molecule has 0 amide bonds. The molecule has 1 N–H and O–H groups in total. The summed E-state index contributed by atoms with van der Waals surface area (Å²) in [4.78, 5) is 4.67. The Balaban J connectivity index is 1.48. The van der Waals surface area contributed by atoms with Crippen molar-refractivity contribution in [3.63, 3.8) is 0 Å². The normalized spacial score (nSPS) is 16.6. The fourth-order valence-electron chi connectivity index (χ4n) is 2.43. The van der Waals surface area contributed by atoms with Crippen molar-refractivity contribution in [2.45, 2.75) is 6.42 Å². The molecule has 1 aromatic carbocycles. The van der Waals surface area contributed by atoms with Crippen molar-refractivity contribution in [1.29, 1.82) is 0 Å². The highest BCUT2D eigenvalue weighted by Crippen LogP contribution is 2.16. The lowest BCUT2D eigenvalue weighted by molar-refractivity contribution is 0.259. The standard InChI is InChI=1S/C13H17FN6/c14-11-1-3-12(4-2-11)20-9-7-19(8-10-20)6-5-13-15-17-18-16-13/h1-4H,5-10H2,(H,15,16,17,18). The van der Waals surface area contributed by atoms with Crippen LogP contribution in [-0.2, 0) is 6.42 Å². The molecular weight excluding hydrogens is 259 g/mol. The topological polar surface area (TPSA) is 60.9 Å². The highest BCUT2D eigenvalue weighted by Gasteiger charge is 2.17. The summed E-state index contributed by atoms with van der Waals surface area (Å²) in [5, 5.41) is 13.9. The Kier molecular flexibility index (Phi) is 3.87. The van der Waals surface area contributed by atoms with Gasteiger partial charge in [0.15, 0.2) is 5.82 Å². The average molecular weight is 276 g/mol. The number of benzene rings is 1. The van der Waals surface area contributed by atoms with Crippen LogP contribution in [0.3, 0.4) is 0 Å². The summed E-state index contributed by atoms with van der Waals surface area (Å²) < 4.78 is 12.9. The van der Waals surface area contributed by atoms with Gasteiger partial charge in [-0.05, 0) is 24.3 Å². The molecule has 0 atom stereocenters. The Morgan fingerprint density at radius 1 is 1.10 bits per heavy atom. The Hall–Kier alpha value is -2.02. The third-order valence-corrected chi connectivity index (χ3v) is 3.60. The average Bonchev–Trinajstić information content (AvgIpc) is 3.00. The Morgan fingerprint density at radius 3 is 2.50 bits per heavy atom. The number of aromatic amines is 1. The van der Waals surface area contributed by atoms with Gasteiger partial charge in [-0.15, -0.1) is 10.2 Å². The van der Waals surface area contributed by atoms with Crippen molar-refractivity contribution in [2.75, 3.05) is 37.6 Å². The molecule has 2 heterocycles. The van der Waals surface area contributed by atoms with Crippen LogP contribution >= 0.6 is 0 Å². The molecule has 3 rings (SSSR count). The van der Waals surface area contributed by atoms with Crippen LogP contribution in [0.5, 0.6) is 0 Å². The van der Waals surface area contributed by atoms with Gasteiger partial charge in [-0.2, -0.15) is 5.21 Å².